The van der Waals surface area contributed by atoms with Crippen LogP contribution in [0.3, 0.4) is 0 Å². The number of thioether (sulfide) groups is 1. The third-order valence-corrected chi connectivity index (χ3v) is 5.21. The average Bonchev–Trinajstić information content (AvgIpc) is 2.60. The zero-order valence-corrected chi connectivity index (χ0v) is 14.4. The highest BCUT2D eigenvalue weighted by Crippen LogP contribution is 2.37. The Morgan fingerprint density at radius 2 is 2.04 bits per heavy atom. The predicted octanol–water partition coefficient (Wildman–Crippen LogP) is 2.79. The Morgan fingerprint density at radius 3 is 2.79 bits per heavy atom. The maximum Gasteiger partial charge on any atom is 0.240 e. The van der Waals surface area contributed by atoms with Crippen LogP contribution >= 0.6 is 11.8 Å². The molecule has 1 aromatic heterocycles. The number of nitrogens with zero attached hydrogens (tertiary/aromatic N) is 2. The summed E-state index contributed by atoms with van der Waals surface area (Å²) >= 11 is 1.36. The Balaban J connectivity index is 1.66. The maximum atomic E-state index is 12.5. The molecule has 0 bridgehead atoms. The molecular weight excluding hydrogens is 322 g/mol. The number of carbonyl (C=O) groups excluding carboxylic acids is 2. The molecule has 0 fully saturated rings. The third kappa shape index (κ3) is 3.43. The van der Waals surface area contributed by atoms with E-state index in [1.807, 2.05) is 43.3 Å². The van der Waals surface area contributed by atoms with E-state index >= 15 is 0 Å². The number of pyridine rings is 1. The second kappa shape index (κ2) is 7.05. The summed E-state index contributed by atoms with van der Waals surface area (Å²) in [5.74, 6) is -0.201. The summed E-state index contributed by atoms with van der Waals surface area (Å²) in [5, 5.41) is 3.30. The average molecular weight is 341 g/mol. The van der Waals surface area contributed by atoms with E-state index in [0.29, 0.717) is 0 Å². The Hall–Kier alpha value is -2.34. The van der Waals surface area contributed by atoms with E-state index in [4.69, 9.17) is 0 Å². The van der Waals surface area contributed by atoms with Gasteiger partial charge in [-0.2, -0.15) is 0 Å². The monoisotopic (exact) mass is 341 g/mol. The lowest BCUT2D eigenvalue weighted by Crippen LogP contribution is -2.41. The summed E-state index contributed by atoms with van der Waals surface area (Å²) in [7, 11) is 1.72. The fourth-order valence-electron chi connectivity index (χ4n) is 2.67. The van der Waals surface area contributed by atoms with Crippen LogP contribution in [0.2, 0.25) is 0 Å². The van der Waals surface area contributed by atoms with E-state index in [1.165, 1.54) is 11.8 Å². The second-order valence-corrected chi connectivity index (χ2v) is 6.93. The smallest absolute Gasteiger partial charge is 0.240 e. The van der Waals surface area contributed by atoms with Gasteiger partial charge in [0.2, 0.25) is 11.8 Å². The van der Waals surface area contributed by atoms with Gasteiger partial charge in [0.25, 0.3) is 0 Å². The van der Waals surface area contributed by atoms with Crippen molar-refractivity contribution in [3.05, 3.63) is 54.2 Å². The number of rotatable bonds is 4. The van der Waals surface area contributed by atoms with E-state index in [9.17, 15) is 9.59 Å². The molecular formula is C18H19N3O2S. The lowest BCUT2D eigenvalue weighted by atomic mass is 10.1. The lowest BCUT2D eigenvalue weighted by Gasteiger charge is -2.30. The highest BCUT2D eigenvalue weighted by molar-refractivity contribution is 8.00. The second-order valence-electron chi connectivity index (χ2n) is 5.74. The molecule has 5 nitrogen and oxygen atoms in total. The molecule has 0 spiro atoms. The van der Waals surface area contributed by atoms with Gasteiger partial charge in [-0.3, -0.25) is 9.59 Å². The van der Waals surface area contributed by atoms with Crippen LogP contribution in [0.5, 0.6) is 0 Å². The number of nitrogens with one attached hydrogen (secondary N) is 1. The Labute approximate surface area is 145 Å². The number of hydrogen-bond acceptors (Lipinski definition) is 4. The molecule has 1 aliphatic rings. The molecule has 2 atom stereocenters. The van der Waals surface area contributed by atoms with Crippen LogP contribution in [0.1, 0.15) is 24.9 Å². The van der Waals surface area contributed by atoms with Gasteiger partial charge in [-0.1, -0.05) is 42.1 Å². The van der Waals surface area contributed by atoms with E-state index in [-0.39, 0.29) is 24.3 Å². The van der Waals surface area contributed by atoms with Crippen LogP contribution in [0.4, 0.5) is 5.69 Å². The predicted molar refractivity (Wildman–Crippen MR) is 94.9 cm³/mol. The summed E-state index contributed by atoms with van der Waals surface area (Å²) in [5.41, 5.74) is 1.83. The van der Waals surface area contributed by atoms with Crippen molar-refractivity contribution in [3.63, 3.8) is 0 Å². The van der Waals surface area contributed by atoms with Gasteiger partial charge in [0.05, 0.1) is 17.0 Å². The first-order valence-corrected chi connectivity index (χ1v) is 8.68. The fraction of sp³-hybridized carbons (Fsp3) is 0.278. The molecule has 1 aliphatic heterocycles. The molecule has 1 N–H and O–H groups in total. The van der Waals surface area contributed by atoms with E-state index < -0.39 is 5.25 Å². The van der Waals surface area contributed by atoms with Crippen molar-refractivity contribution in [2.75, 3.05) is 11.9 Å². The largest absolute Gasteiger partial charge is 0.350 e. The van der Waals surface area contributed by atoms with Crippen molar-refractivity contribution in [1.82, 2.24) is 10.3 Å². The van der Waals surface area contributed by atoms with Gasteiger partial charge in [-0.15, -0.1) is 0 Å². The van der Waals surface area contributed by atoms with Gasteiger partial charge in [-0.05, 0) is 24.6 Å². The van der Waals surface area contributed by atoms with Gasteiger partial charge in [0.15, 0.2) is 0 Å². The highest BCUT2D eigenvalue weighted by Gasteiger charge is 2.33. The van der Waals surface area contributed by atoms with Crippen LogP contribution in [-0.2, 0) is 9.59 Å². The Kier molecular flexibility index (Phi) is 4.85. The Morgan fingerprint density at radius 1 is 1.29 bits per heavy atom. The highest BCUT2D eigenvalue weighted by atomic mass is 32.2. The van der Waals surface area contributed by atoms with Crippen molar-refractivity contribution in [2.24, 2.45) is 0 Å². The third-order valence-electron chi connectivity index (χ3n) is 4.02. The summed E-state index contributed by atoms with van der Waals surface area (Å²) < 4.78 is 0. The van der Waals surface area contributed by atoms with E-state index in [1.54, 1.807) is 24.2 Å². The van der Waals surface area contributed by atoms with E-state index in [0.717, 1.165) is 16.3 Å². The van der Waals surface area contributed by atoms with Crippen molar-refractivity contribution < 1.29 is 9.59 Å². The van der Waals surface area contributed by atoms with Gasteiger partial charge in [0.1, 0.15) is 5.03 Å². The van der Waals surface area contributed by atoms with Gasteiger partial charge < -0.3 is 10.2 Å². The van der Waals surface area contributed by atoms with Crippen LogP contribution in [0.25, 0.3) is 0 Å². The van der Waals surface area contributed by atoms with Crippen molar-refractivity contribution >= 4 is 29.3 Å². The fourth-order valence-corrected chi connectivity index (χ4v) is 3.88. The molecule has 1 aromatic carbocycles. The van der Waals surface area contributed by atoms with Crippen molar-refractivity contribution in [3.8, 4) is 0 Å². The summed E-state index contributed by atoms with van der Waals surface area (Å²) in [6.45, 7) is 1.94. The molecule has 0 saturated heterocycles. The number of benzene rings is 1. The van der Waals surface area contributed by atoms with E-state index in [2.05, 4.69) is 10.3 Å². The SMILES string of the molecule is C[C@H](NC(=O)C[C@H]1Sc2ncccc2N(C)C1=O)c1ccccc1. The van der Waals surface area contributed by atoms with Crippen LogP contribution in [-0.4, -0.2) is 29.1 Å². The molecule has 2 heterocycles. The molecule has 0 unspecified atom stereocenters. The molecule has 24 heavy (non-hydrogen) atoms. The van der Waals surface area contributed by atoms with Gasteiger partial charge in [-0.25, -0.2) is 4.98 Å². The molecule has 2 amide bonds. The zero-order valence-electron chi connectivity index (χ0n) is 13.6. The molecule has 0 saturated carbocycles. The molecule has 0 radical (unpaired) electrons. The number of fused-ring (bicyclic) bond motifs is 1. The lowest BCUT2D eigenvalue weighted by molar-refractivity contribution is -0.125. The molecule has 3 rings (SSSR count). The number of anilines is 1. The quantitative estimate of drug-likeness (QED) is 0.929. The van der Waals surface area contributed by atoms with Crippen LogP contribution in [0.15, 0.2) is 53.7 Å². The number of hydrogen-bond donors (Lipinski definition) is 1. The number of carbonyl (C=O) groups is 2. The summed E-state index contributed by atoms with van der Waals surface area (Å²) in [6.07, 6.45) is 1.84. The maximum absolute atomic E-state index is 12.5. The minimum Gasteiger partial charge on any atom is -0.350 e. The van der Waals surface area contributed by atoms with Crippen molar-refractivity contribution in [2.45, 2.75) is 29.7 Å². The van der Waals surface area contributed by atoms with Gasteiger partial charge in [0, 0.05) is 19.7 Å². The molecule has 6 heteroatoms. The topological polar surface area (TPSA) is 62.3 Å². The van der Waals surface area contributed by atoms with Crippen LogP contribution < -0.4 is 10.2 Å². The normalized spacial score (nSPS) is 18.0. The van der Waals surface area contributed by atoms with Gasteiger partial charge >= 0.3 is 0 Å². The first-order chi connectivity index (χ1) is 11.6. The zero-order chi connectivity index (χ0) is 17.1. The molecule has 0 aliphatic carbocycles. The summed E-state index contributed by atoms with van der Waals surface area (Å²) in [4.78, 5) is 30.7. The summed E-state index contributed by atoms with van der Waals surface area (Å²) in [6, 6.07) is 13.3. The van der Waals surface area contributed by atoms with Crippen molar-refractivity contribution in [1.29, 1.82) is 0 Å². The standard InChI is InChI=1S/C18H19N3O2S/c1-12(13-7-4-3-5-8-13)20-16(22)11-15-18(23)21(2)14-9-6-10-19-17(14)24-15/h3-10,12,15H,11H2,1-2H3,(H,20,22)/t12-,15+/m0/s1. The minimum absolute atomic E-state index is 0.0667. The minimum atomic E-state index is -0.444. The number of aromatic nitrogens is 1. The molecule has 2 aromatic rings. The first-order valence-electron chi connectivity index (χ1n) is 7.80. The van der Waals surface area contributed by atoms with Crippen LogP contribution in [0, 0.1) is 0 Å². The first kappa shape index (κ1) is 16.5. The number of amides is 2. The Bertz CT molecular complexity index is 751. The molecule has 124 valence electrons.